The van der Waals surface area contributed by atoms with Gasteiger partial charge in [0, 0.05) is 16.5 Å². The third kappa shape index (κ3) is 5.37. The molecular weight excluding hydrogens is 434 g/mol. The van der Waals surface area contributed by atoms with Gasteiger partial charge in [-0.3, -0.25) is 0 Å². The molecule has 3 nitrogen and oxygen atoms in total. The smallest absolute Gasteiger partial charge is 0.127 e. The van der Waals surface area contributed by atoms with E-state index in [1.165, 1.54) is 10.5 Å². The number of benzene rings is 3. The molecule has 0 amide bonds. The minimum atomic E-state index is 0.0956. The number of hydrogen-bond acceptors (Lipinski definition) is 3. The molecule has 4 rings (SSSR count). The molecule has 0 fully saturated rings. The van der Waals surface area contributed by atoms with E-state index in [0.717, 1.165) is 54.5 Å². The number of rotatable bonds is 10. The van der Waals surface area contributed by atoms with Gasteiger partial charge in [-0.1, -0.05) is 74.0 Å². The fourth-order valence-corrected chi connectivity index (χ4v) is 5.41. The van der Waals surface area contributed by atoms with Crippen LogP contribution in [0.4, 0.5) is 0 Å². The zero-order chi connectivity index (χ0) is 22.3. The van der Waals surface area contributed by atoms with E-state index in [-0.39, 0.29) is 5.25 Å². The van der Waals surface area contributed by atoms with E-state index in [1.807, 2.05) is 23.9 Å². The van der Waals surface area contributed by atoms with Crippen LogP contribution in [0, 0.1) is 0 Å². The number of imidazole rings is 1. The summed E-state index contributed by atoms with van der Waals surface area (Å²) in [5, 5.41) is 0.821. The molecule has 32 heavy (non-hydrogen) atoms. The van der Waals surface area contributed by atoms with Gasteiger partial charge in [-0.15, -0.1) is 11.8 Å². The monoisotopic (exact) mass is 463 g/mol. The van der Waals surface area contributed by atoms with E-state index in [4.69, 9.17) is 16.6 Å². The lowest BCUT2D eigenvalue weighted by Gasteiger charge is -2.21. The van der Waals surface area contributed by atoms with Crippen molar-refractivity contribution >= 4 is 34.4 Å². The van der Waals surface area contributed by atoms with Crippen LogP contribution in [0.1, 0.15) is 36.9 Å². The summed E-state index contributed by atoms with van der Waals surface area (Å²) in [7, 11) is 0. The molecule has 5 heteroatoms. The van der Waals surface area contributed by atoms with Crippen LogP contribution in [0.5, 0.6) is 0 Å². The fourth-order valence-electron chi connectivity index (χ4n) is 4.08. The summed E-state index contributed by atoms with van der Waals surface area (Å²) >= 11 is 8.18. The van der Waals surface area contributed by atoms with Crippen molar-refractivity contribution < 1.29 is 0 Å². The van der Waals surface area contributed by atoms with Crippen molar-refractivity contribution in [3.05, 3.63) is 95.3 Å². The normalized spacial score (nSPS) is 12.5. The molecule has 1 unspecified atom stereocenters. The number of aryl methyl sites for hydroxylation is 1. The zero-order valence-electron chi connectivity index (χ0n) is 18.7. The van der Waals surface area contributed by atoms with Crippen LogP contribution in [0.3, 0.4) is 0 Å². The van der Waals surface area contributed by atoms with Crippen molar-refractivity contribution in [1.29, 1.82) is 0 Å². The number of fused-ring (bicyclic) bond motifs is 1. The van der Waals surface area contributed by atoms with Gasteiger partial charge < -0.3 is 9.47 Å². The first-order valence-electron chi connectivity index (χ1n) is 11.3. The van der Waals surface area contributed by atoms with Gasteiger partial charge in [-0.25, -0.2) is 4.98 Å². The van der Waals surface area contributed by atoms with Crippen molar-refractivity contribution in [3.63, 3.8) is 0 Å². The Bertz CT molecular complexity index is 1120. The first-order chi connectivity index (χ1) is 15.7. The SMILES string of the molecule is CCN(CC)CCCn1c(C(Sc2ccccc2)c2ccccc2)nc2cc(Cl)ccc21. The van der Waals surface area contributed by atoms with Crippen LogP contribution >= 0.6 is 23.4 Å². The molecule has 0 saturated carbocycles. The second-order valence-electron chi connectivity index (χ2n) is 7.86. The maximum Gasteiger partial charge on any atom is 0.127 e. The van der Waals surface area contributed by atoms with Gasteiger partial charge in [0.05, 0.1) is 16.3 Å². The van der Waals surface area contributed by atoms with Crippen molar-refractivity contribution in [2.75, 3.05) is 19.6 Å². The van der Waals surface area contributed by atoms with Crippen LogP contribution in [-0.4, -0.2) is 34.1 Å². The first kappa shape index (κ1) is 22.9. The predicted molar refractivity (Wildman–Crippen MR) is 138 cm³/mol. The average molecular weight is 464 g/mol. The zero-order valence-corrected chi connectivity index (χ0v) is 20.3. The maximum atomic E-state index is 6.33. The number of nitrogens with zero attached hydrogens (tertiary/aromatic N) is 3. The Kier molecular flexibility index (Phi) is 7.90. The Morgan fingerprint density at radius 1 is 0.938 bits per heavy atom. The molecule has 0 aliphatic rings. The summed E-state index contributed by atoms with van der Waals surface area (Å²) in [4.78, 5) is 8.84. The Labute approximate surface area is 200 Å². The molecule has 0 bridgehead atoms. The van der Waals surface area contributed by atoms with Gasteiger partial charge in [0.1, 0.15) is 5.82 Å². The molecule has 1 aromatic heterocycles. The standard InChI is InChI=1S/C27H30ClN3S/c1-3-30(4-2)18-11-19-31-25-17-16-22(28)20-24(25)29-27(31)26(21-12-7-5-8-13-21)32-23-14-9-6-10-15-23/h5-10,12-17,20,26H,3-4,11,18-19H2,1-2H3. The van der Waals surface area contributed by atoms with Gasteiger partial charge in [-0.05, 0) is 62.0 Å². The molecule has 0 aliphatic heterocycles. The van der Waals surface area contributed by atoms with Gasteiger partial charge >= 0.3 is 0 Å². The number of hydrogen-bond donors (Lipinski definition) is 0. The van der Waals surface area contributed by atoms with E-state index in [1.54, 1.807) is 0 Å². The van der Waals surface area contributed by atoms with Crippen LogP contribution < -0.4 is 0 Å². The molecule has 0 radical (unpaired) electrons. The van der Waals surface area contributed by atoms with Crippen LogP contribution in [0.2, 0.25) is 5.02 Å². The summed E-state index contributed by atoms with van der Waals surface area (Å²) in [5.41, 5.74) is 3.37. The average Bonchev–Trinajstić information content (AvgIpc) is 3.18. The topological polar surface area (TPSA) is 21.1 Å². The molecular formula is C27H30ClN3S. The number of thioether (sulfide) groups is 1. The lowest BCUT2D eigenvalue weighted by molar-refractivity contribution is 0.293. The summed E-state index contributed by atoms with van der Waals surface area (Å²) in [6, 6.07) is 27.3. The minimum Gasteiger partial charge on any atom is -0.327 e. The van der Waals surface area contributed by atoms with Gasteiger partial charge in [0.15, 0.2) is 0 Å². The van der Waals surface area contributed by atoms with E-state index in [0.29, 0.717) is 0 Å². The first-order valence-corrected chi connectivity index (χ1v) is 12.6. The quantitative estimate of drug-likeness (QED) is 0.230. The lowest BCUT2D eigenvalue weighted by Crippen LogP contribution is -2.25. The van der Waals surface area contributed by atoms with Gasteiger partial charge in [0.25, 0.3) is 0 Å². The molecule has 4 aromatic rings. The molecule has 3 aromatic carbocycles. The second kappa shape index (κ2) is 11.0. The highest BCUT2D eigenvalue weighted by Gasteiger charge is 2.23. The van der Waals surface area contributed by atoms with Crippen molar-refractivity contribution in [2.45, 2.75) is 37.0 Å². The largest absolute Gasteiger partial charge is 0.327 e. The summed E-state index contributed by atoms with van der Waals surface area (Å²) in [6.45, 7) is 8.64. The van der Waals surface area contributed by atoms with Crippen molar-refractivity contribution in [1.82, 2.24) is 14.5 Å². The van der Waals surface area contributed by atoms with Crippen LogP contribution in [0.25, 0.3) is 11.0 Å². The highest BCUT2D eigenvalue weighted by atomic mass is 35.5. The Hall–Kier alpha value is -2.27. The molecule has 0 N–H and O–H groups in total. The van der Waals surface area contributed by atoms with E-state index in [2.05, 4.69) is 90.0 Å². The Balaban J connectivity index is 1.76. The highest BCUT2D eigenvalue weighted by molar-refractivity contribution is 7.99. The minimum absolute atomic E-state index is 0.0956. The number of aromatic nitrogens is 2. The summed E-state index contributed by atoms with van der Waals surface area (Å²) < 4.78 is 2.41. The fraction of sp³-hybridized carbons (Fsp3) is 0.296. The summed E-state index contributed by atoms with van der Waals surface area (Å²) in [6.07, 6.45) is 1.08. The van der Waals surface area contributed by atoms with E-state index in [9.17, 15) is 0 Å². The molecule has 0 aliphatic carbocycles. The van der Waals surface area contributed by atoms with Crippen LogP contribution in [0.15, 0.2) is 83.8 Å². The maximum absolute atomic E-state index is 6.33. The second-order valence-corrected chi connectivity index (χ2v) is 9.47. The van der Waals surface area contributed by atoms with Crippen LogP contribution in [-0.2, 0) is 6.54 Å². The third-order valence-corrected chi connectivity index (χ3v) is 7.32. The molecule has 166 valence electrons. The van der Waals surface area contributed by atoms with Crippen molar-refractivity contribution in [2.24, 2.45) is 0 Å². The Morgan fingerprint density at radius 3 is 2.31 bits per heavy atom. The molecule has 0 spiro atoms. The predicted octanol–water partition coefficient (Wildman–Crippen LogP) is 7.30. The van der Waals surface area contributed by atoms with E-state index < -0.39 is 0 Å². The number of halogens is 1. The molecule has 1 heterocycles. The molecule has 0 saturated heterocycles. The van der Waals surface area contributed by atoms with E-state index >= 15 is 0 Å². The van der Waals surface area contributed by atoms with Crippen molar-refractivity contribution in [3.8, 4) is 0 Å². The van der Waals surface area contributed by atoms with Gasteiger partial charge in [-0.2, -0.15) is 0 Å². The highest BCUT2D eigenvalue weighted by Crippen LogP contribution is 2.41. The van der Waals surface area contributed by atoms with Gasteiger partial charge in [0.2, 0.25) is 0 Å². The summed E-state index contributed by atoms with van der Waals surface area (Å²) in [5.74, 6) is 1.09. The lowest BCUT2D eigenvalue weighted by atomic mass is 10.1. The molecule has 1 atom stereocenters. The third-order valence-electron chi connectivity index (χ3n) is 5.82. The Morgan fingerprint density at radius 2 is 1.62 bits per heavy atom.